The standard InChI is InChI=1S/C15H15ClFNO/c1-10-3-4-11(14(16)5-10)7-15(2,19)12-6-13(17)9-18-8-12/h3-6,8-9,19H,7H2,1-2H3. The average Bonchev–Trinajstić information content (AvgIpc) is 2.33. The molecular formula is C15H15ClFNO. The lowest BCUT2D eigenvalue weighted by Crippen LogP contribution is -2.24. The first kappa shape index (κ1) is 14.0. The third-order valence-electron chi connectivity index (χ3n) is 3.07. The van der Waals surface area contributed by atoms with Gasteiger partial charge in [0.05, 0.1) is 11.8 Å². The van der Waals surface area contributed by atoms with E-state index >= 15 is 0 Å². The second-order valence-corrected chi connectivity index (χ2v) is 5.34. The van der Waals surface area contributed by atoms with E-state index in [1.54, 1.807) is 6.92 Å². The molecule has 2 aromatic rings. The zero-order valence-electron chi connectivity index (χ0n) is 10.8. The second kappa shape index (κ2) is 5.27. The lowest BCUT2D eigenvalue weighted by Gasteiger charge is -2.24. The van der Waals surface area contributed by atoms with Gasteiger partial charge in [-0.05, 0) is 37.1 Å². The molecule has 2 rings (SSSR count). The van der Waals surface area contributed by atoms with Gasteiger partial charge in [-0.3, -0.25) is 4.98 Å². The van der Waals surface area contributed by atoms with Crippen LogP contribution in [0.1, 0.15) is 23.6 Å². The van der Waals surface area contributed by atoms with Crippen molar-refractivity contribution in [1.82, 2.24) is 4.98 Å². The molecule has 0 aliphatic carbocycles. The van der Waals surface area contributed by atoms with Crippen molar-refractivity contribution >= 4 is 11.6 Å². The van der Waals surface area contributed by atoms with E-state index in [2.05, 4.69) is 4.98 Å². The molecule has 0 amide bonds. The highest BCUT2D eigenvalue weighted by Crippen LogP contribution is 2.29. The summed E-state index contributed by atoms with van der Waals surface area (Å²) in [6.45, 7) is 3.57. The van der Waals surface area contributed by atoms with Gasteiger partial charge in [0.2, 0.25) is 0 Å². The minimum Gasteiger partial charge on any atom is -0.385 e. The molecule has 100 valence electrons. The van der Waals surface area contributed by atoms with Gasteiger partial charge in [-0.2, -0.15) is 0 Å². The third kappa shape index (κ3) is 3.31. The normalized spacial score (nSPS) is 14.2. The van der Waals surface area contributed by atoms with Crippen molar-refractivity contribution in [2.45, 2.75) is 25.9 Å². The minimum absolute atomic E-state index is 0.303. The summed E-state index contributed by atoms with van der Waals surface area (Å²) in [6, 6.07) is 6.94. The summed E-state index contributed by atoms with van der Waals surface area (Å²) in [4.78, 5) is 3.76. The molecule has 1 atom stereocenters. The van der Waals surface area contributed by atoms with Crippen LogP contribution in [0.2, 0.25) is 5.02 Å². The van der Waals surface area contributed by atoms with Gasteiger partial charge in [-0.25, -0.2) is 4.39 Å². The molecule has 0 aliphatic heterocycles. The molecule has 0 fully saturated rings. The average molecular weight is 280 g/mol. The maximum absolute atomic E-state index is 13.2. The lowest BCUT2D eigenvalue weighted by molar-refractivity contribution is 0.0569. The molecule has 2 nitrogen and oxygen atoms in total. The van der Waals surface area contributed by atoms with Crippen LogP contribution in [0.5, 0.6) is 0 Å². The van der Waals surface area contributed by atoms with Crippen molar-refractivity contribution in [3.63, 3.8) is 0 Å². The minimum atomic E-state index is -1.21. The van der Waals surface area contributed by atoms with Crippen LogP contribution in [0.15, 0.2) is 36.7 Å². The smallest absolute Gasteiger partial charge is 0.141 e. The van der Waals surface area contributed by atoms with Crippen molar-refractivity contribution < 1.29 is 9.50 Å². The van der Waals surface area contributed by atoms with E-state index in [1.807, 2.05) is 25.1 Å². The van der Waals surface area contributed by atoms with Crippen molar-refractivity contribution in [3.8, 4) is 0 Å². The number of aliphatic hydroxyl groups is 1. The number of aryl methyl sites for hydroxylation is 1. The Morgan fingerprint density at radius 1 is 1.32 bits per heavy atom. The Kier molecular flexibility index (Phi) is 3.88. The van der Waals surface area contributed by atoms with E-state index in [4.69, 9.17) is 11.6 Å². The topological polar surface area (TPSA) is 33.1 Å². The van der Waals surface area contributed by atoms with Gasteiger partial charge >= 0.3 is 0 Å². The monoisotopic (exact) mass is 279 g/mol. The summed E-state index contributed by atoms with van der Waals surface area (Å²) in [6.07, 6.45) is 2.88. The van der Waals surface area contributed by atoms with Crippen molar-refractivity contribution in [2.75, 3.05) is 0 Å². The second-order valence-electron chi connectivity index (χ2n) is 4.94. The van der Waals surface area contributed by atoms with Crippen LogP contribution in [0, 0.1) is 12.7 Å². The Morgan fingerprint density at radius 3 is 2.68 bits per heavy atom. The van der Waals surface area contributed by atoms with Crippen molar-refractivity contribution in [3.05, 3.63) is 64.2 Å². The molecule has 0 saturated heterocycles. The summed E-state index contributed by atoms with van der Waals surface area (Å²) in [5.41, 5.74) is 1.10. The first-order chi connectivity index (χ1) is 8.88. The SMILES string of the molecule is Cc1ccc(CC(C)(O)c2cncc(F)c2)c(Cl)c1. The number of rotatable bonds is 3. The molecule has 0 bridgehead atoms. The highest BCUT2D eigenvalue weighted by atomic mass is 35.5. The molecule has 4 heteroatoms. The number of halogens is 2. The van der Waals surface area contributed by atoms with Crippen LogP contribution < -0.4 is 0 Å². The Morgan fingerprint density at radius 2 is 2.05 bits per heavy atom. The van der Waals surface area contributed by atoms with Gasteiger partial charge in [-0.1, -0.05) is 23.7 Å². The Balaban J connectivity index is 2.30. The van der Waals surface area contributed by atoms with Crippen LogP contribution >= 0.6 is 11.6 Å². The van der Waals surface area contributed by atoms with Gasteiger partial charge in [0.1, 0.15) is 5.82 Å². The number of aromatic nitrogens is 1. The number of nitrogens with zero attached hydrogens (tertiary/aromatic N) is 1. The van der Waals surface area contributed by atoms with Crippen LogP contribution in [-0.4, -0.2) is 10.1 Å². The quantitative estimate of drug-likeness (QED) is 0.931. The molecule has 0 spiro atoms. The number of hydrogen-bond acceptors (Lipinski definition) is 2. The summed E-state index contributed by atoms with van der Waals surface area (Å²) in [5, 5.41) is 11.1. The maximum Gasteiger partial charge on any atom is 0.141 e. The van der Waals surface area contributed by atoms with E-state index in [9.17, 15) is 9.50 Å². The zero-order chi connectivity index (χ0) is 14.0. The van der Waals surface area contributed by atoms with Crippen LogP contribution in [-0.2, 0) is 12.0 Å². The Hall–Kier alpha value is -1.45. The largest absolute Gasteiger partial charge is 0.385 e. The highest BCUT2D eigenvalue weighted by molar-refractivity contribution is 6.31. The fraction of sp³-hybridized carbons (Fsp3) is 0.267. The van der Waals surface area contributed by atoms with Crippen molar-refractivity contribution in [2.24, 2.45) is 0 Å². The number of benzene rings is 1. The van der Waals surface area contributed by atoms with Crippen LogP contribution in [0.25, 0.3) is 0 Å². The summed E-state index contributed by atoms with van der Waals surface area (Å²) in [7, 11) is 0. The van der Waals surface area contributed by atoms with Crippen molar-refractivity contribution in [1.29, 1.82) is 0 Å². The van der Waals surface area contributed by atoms with Gasteiger partial charge in [0.25, 0.3) is 0 Å². The summed E-state index contributed by atoms with van der Waals surface area (Å²) < 4.78 is 13.2. The fourth-order valence-corrected chi connectivity index (χ4v) is 2.28. The molecule has 19 heavy (non-hydrogen) atoms. The predicted octanol–water partition coefficient (Wildman–Crippen LogP) is 3.63. The van der Waals surface area contributed by atoms with Crippen LogP contribution in [0.3, 0.4) is 0 Å². The molecule has 0 saturated carbocycles. The van der Waals surface area contributed by atoms with Gasteiger partial charge in [0.15, 0.2) is 0 Å². The van der Waals surface area contributed by atoms with Crippen LogP contribution in [0.4, 0.5) is 4.39 Å². The molecular weight excluding hydrogens is 265 g/mol. The molecule has 1 N–H and O–H groups in total. The Bertz CT molecular complexity index is 598. The van der Waals surface area contributed by atoms with Gasteiger partial charge in [-0.15, -0.1) is 0 Å². The maximum atomic E-state index is 13.2. The van der Waals surface area contributed by atoms with E-state index in [1.165, 1.54) is 12.3 Å². The van der Waals surface area contributed by atoms with Gasteiger partial charge < -0.3 is 5.11 Å². The summed E-state index contributed by atoms with van der Waals surface area (Å²) in [5.74, 6) is -0.465. The van der Waals surface area contributed by atoms with Gasteiger partial charge in [0, 0.05) is 23.2 Å². The fourth-order valence-electron chi connectivity index (χ4n) is 1.98. The van der Waals surface area contributed by atoms with E-state index < -0.39 is 11.4 Å². The number of hydrogen-bond donors (Lipinski definition) is 1. The molecule has 1 heterocycles. The molecule has 1 aromatic heterocycles. The molecule has 1 aromatic carbocycles. The highest BCUT2D eigenvalue weighted by Gasteiger charge is 2.25. The number of pyridine rings is 1. The summed E-state index contributed by atoms with van der Waals surface area (Å²) >= 11 is 6.15. The van der Waals surface area contributed by atoms with E-state index in [0.29, 0.717) is 17.0 Å². The zero-order valence-corrected chi connectivity index (χ0v) is 11.6. The molecule has 0 aliphatic rings. The van der Waals surface area contributed by atoms with E-state index in [-0.39, 0.29) is 0 Å². The van der Waals surface area contributed by atoms with E-state index in [0.717, 1.165) is 17.3 Å². The lowest BCUT2D eigenvalue weighted by atomic mass is 9.90. The molecule has 0 radical (unpaired) electrons. The first-order valence-electron chi connectivity index (χ1n) is 5.97. The third-order valence-corrected chi connectivity index (χ3v) is 3.42. The molecule has 1 unspecified atom stereocenters. The first-order valence-corrected chi connectivity index (χ1v) is 6.35. The Labute approximate surface area is 116 Å². The predicted molar refractivity (Wildman–Crippen MR) is 73.7 cm³/mol.